The van der Waals surface area contributed by atoms with E-state index in [0.29, 0.717) is 41.6 Å². The summed E-state index contributed by atoms with van der Waals surface area (Å²) in [6.45, 7) is 4.65. The third-order valence-corrected chi connectivity index (χ3v) is 7.28. The minimum atomic E-state index is -0.0816. The van der Waals surface area contributed by atoms with E-state index in [1.165, 1.54) is 18.1 Å². The van der Waals surface area contributed by atoms with Crippen LogP contribution >= 0.6 is 34.4 Å². The van der Waals surface area contributed by atoms with E-state index in [0.717, 1.165) is 26.0 Å². The second kappa shape index (κ2) is 8.50. The van der Waals surface area contributed by atoms with Gasteiger partial charge in [0.05, 0.1) is 0 Å². The molecule has 0 bridgehead atoms. The highest BCUT2D eigenvalue weighted by atomic mass is 127. The van der Waals surface area contributed by atoms with E-state index in [9.17, 15) is 9.59 Å². The molecular formula is C20H21IN6O2S. The highest BCUT2D eigenvalue weighted by Crippen LogP contribution is 2.36. The molecule has 1 amide bonds. The maximum atomic E-state index is 12.2. The average Bonchev–Trinajstić information content (AvgIpc) is 3.24. The van der Waals surface area contributed by atoms with Gasteiger partial charge in [-0.3, -0.25) is 9.59 Å². The predicted molar refractivity (Wildman–Crippen MR) is 124 cm³/mol. The Balaban J connectivity index is 1.68. The van der Waals surface area contributed by atoms with Crippen LogP contribution in [0.15, 0.2) is 28.5 Å². The zero-order valence-corrected chi connectivity index (χ0v) is 19.6. The third-order valence-electron chi connectivity index (χ3n) is 4.97. The Morgan fingerprint density at radius 1 is 1.33 bits per heavy atom. The van der Waals surface area contributed by atoms with E-state index in [1.54, 1.807) is 0 Å². The number of hydrogen-bond acceptors (Lipinski definition) is 7. The van der Waals surface area contributed by atoms with Crippen molar-refractivity contribution in [1.82, 2.24) is 24.8 Å². The molecule has 10 heteroatoms. The fourth-order valence-electron chi connectivity index (χ4n) is 3.33. The van der Waals surface area contributed by atoms with Gasteiger partial charge < -0.3 is 15.6 Å². The quantitative estimate of drug-likeness (QED) is 0.466. The standard InChI is InChI=1S/C20H21IN6O2S/c1-10(2)19(29)23-5-6-27-18-16(17(22)24-9-25-18)26-20(27)30-15-8-12-11(7-13(15)21)3-4-14(12)28/h7-10H,3-6H2,1-2H3,(H,23,29)(H2,22,24,25). The second-order valence-electron chi connectivity index (χ2n) is 7.39. The van der Waals surface area contributed by atoms with Gasteiger partial charge in [0.15, 0.2) is 27.9 Å². The first-order chi connectivity index (χ1) is 14.3. The first-order valence-corrected chi connectivity index (χ1v) is 11.5. The predicted octanol–water partition coefficient (Wildman–Crippen LogP) is 3.07. The number of aromatic nitrogens is 4. The molecule has 4 rings (SSSR count). The number of nitrogen functional groups attached to an aromatic ring is 1. The number of aryl methyl sites for hydroxylation is 1. The number of ketones is 1. The van der Waals surface area contributed by atoms with Crippen molar-refractivity contribution in [3.63, 3.8) is 0 Å². The third kappa shape index (κ3) is 4.02. The van der Waals surface area contributed by atoms with Crippen LogP contribution in [-0.2, 0) is 17.8 Å². The molecule has 0 fully saturated rings. The van der Waals surface area contributed by atoms with Crippen LogP contribution in [0.1, 0.15) is 36.2 Å². The van der Waals surface area contributed by atoms with Crippen molar-refractivity contribution in [2.75, 3.05) is 12.3 Å². The van der Waals surface area contributed by atoms with Gasteiger partial charge in [0, 0.05) is 39.5 Å². The molecule has 156 valence electrons. The highest BCUT2D eigenvalue weighted by molar-refractivity contribution is 14.1. The molecule has 2 aromatic heterocycles. The zero-order valence-electron chi connectivity index (χ0n) is 16.6. The molecule has 8 nitrogen and oxygen atoms in total. The maximum absolute atomic E-state index is 12.2. The molecule has 0 radical (unpaired) electrons. The lowest BCUT2D eigenvalue weighted by molar-refractivity contribution is -0.124. The lowest BCUT2D eigenvalue weighted by Crippen LogP contribution is -2.30. The van der Waals surface area contributed by atoms with Crippen molar-refractivity contribution in [3.05, 3.63) is 33.2 Å². The van der Waals surface area contributed by atoms with Crippen molar-refractivity contribution < 1.29 is 9.59 Å². The number of Topliss-reactive ketones (excluding diaryl/α,β-unsaturated/α-hetero) is 1. The molecule has 3 N–H and O–H groups in total. The van der Waals surface area contributed by atoms with Gasteiger partial charge in [-0.1, -0.05) is 25.6 Å². The van der Waals surface area contributed by atoms with E-state index in [1.807, 2.05) is 24.5 Å². The fraction of sp³-hybridized carbons (Fsp3) is 0.350. The van der Waals surface area contributed by atoms with Gasteiger partial charge in [0.2, 0.25) is 5.91 Å². The number of nitrogens with two attached hydrogens (primary N) is 1. The first kappa shape index (κ1) is 21.0. The highest BCUT2D eigenvalue weighted by Gasteiger charge is 2.23. The van der Waals surface area contributed by atoms with E-state index >= 15 is 0 Å². The Morgan fingerprint density at radius 2 is 2.13 bits per heavy atom. The number of nitrogens with zero attached hydrogens (tertiary/aromatic N) is 4. The summed E-state index contributed by atoms with van der Waals surface area (Å²) in [5, 5.41) is 3.62. The van der Waals surface area contributed by atoms with Gasteiger partial charge in [-0.15, -0.1) is 0 Å². The summed E-state index contributed by atoms with van der Waals surface area (Å²) in [6.07, 6.45) is 2.78. The maximum Gasteiger partial charge on any atom is 0.222 e. The number of carbonyl (C=O) groups excluding carboxylic acids is 2. The molecule has 30 heavy (non-hydrogen) atoms. The molecule has 1 aliphatic rings. The number of rotatable bonds is 6. The number of imidazole rings is 1. The van der Waals surface area contributed by atoms with Gasteiger partial charge in [-0.25, -0.2) is 15.0 Å². The molecule has 0 saturated carbocycles. The van der Waals surface area contributed by atoms with Crippen LogP contribution in [0.25, 0.3) is 11.2 Å². The van der Waals surface area contributed by atoms with E-state index < -0.39 is 0 Å². The molecule has 0 spiro atoms. The summed E-state index contributed by atoms with van der Waals surface area (Å²) in [5.74, 6) is 0.408. The molecule has 0 atom stereocenters. The summed E-state index contributed by atoms with van der Waals surface area (Å²) < 4.78 is 3.00. The van der Waals surface area contributed by atoms with Crippen LogP contribution in [0.4, 0.5) is 5.82 Å². The van der Waals surface area contributed by atoms with Crippen molar-refractivity contribution in [2.24, 2.45) is 5.92 Å². The van der Waals surface area contributed by atoms with Gasteiger partial charge in [-0.2, -0.15) is 0 Å². The van der Waals surface area contributed by atoms with Crippen molar-refractivity contribution in [3.8, 4) is 0 Å². The molecule has 1 aliphatic carbocycles. The summed E-state index contributed by atoms with van der Waals surface area (Å²) in [7, 11) is 0. The van der Waals surface area contributed by atoms with E-state index in [-0.39, 0.29) is 17.6 Å². The van der Waals surface area contributed by atoms with Crippen LogP contribution in [-0.4, -0.2) is 37.8 Å². The summed E-state index contributed by atoms with van der Waals surface area (Å²) >= 11 is 3.75. The van der Waals surface area contributed by atoms with Crippen LogP contribution in [0, 0.1) is 9.49 Å². The number of halogens is 1. The molecule has 0 saturated heterocycles. The number of carbonyl (C=O) groups is 2. The number of hydrogen-bond donors (Lipinski definition) is 2. The van der Waals surface area contributed by atoms with Crippen LogP contribution in [0.5, 0.6) is 0 Å². The zero-order chi connectivity index (χ0) is 21.4. The Bertz CT molecular complexity index is 1160. The van der Waals surface area contributed by atoms with Gasteiger partial charge in [0.25, 0.3) is 0 Å². The van der Waals surface area contributed by atoms with E-state index in [4.69, 9.17) is 5.73 Å². The lowest BCUT2D eigenvalue weighted by Gasteiger charge is -2.12. The van der Waals surface area contributed by atoms with Crippen LogP contribution in [0.3, 0.4) is 0 Å². The number of nitrogens with one attached hydrogen (secondary N) is 1. The SMILES string of the molecule is CC(C)C(=O)NCCn1c(Sc2cc3c(cc2I)CCC3=O)nc2c(N)ncnc21. The van der Waals surface area contributed by atoms with Crippen molar-refractivity contribution >= 4 is 63.0 Å². The van der Waals surface area contributed by atoms with Gasteiger partial charge in [-0.05, 0) is 46.7 Å². The minimum absolute atomic E-state index is 0.00514. The Kier molecular flexibility index (Phi) is 5.96. The molecular weight excluding hydrogens is 515 g/mol. The number of anilines is 1. The van der Waals surface area contributed by atoms with Gasteiger partial charge >= 0.3 is 0 Å². The van der Waals surface area contributed by atoms with Crippen molar-refractivity contribution in [1.29, 1.82) is 0 Å². The smallest absolute Gasteiger partial charge is 0.222 e. The molecule has 1 aromatic carbocycles. The Labute approximate surface area is 191 Å². The number of amides is 1. The Morgan fingerprint density at radius 3 is 2.90 bits per heavy atom. The first-order valence-electron chi connectivity index (χ1n) is 9.63. The van der Waals surface area contributed by atoms with Gasteiger partial charge in [0.1, 0.15) is 6.33 Å². The fourth-order valence-corrected chi connectivity index (χ4v) is 5.15. The number of benzene rings is 1. The van der Waals surface area contributed by atoms with Crippen LogP contribution < -0.4 is 11.1 Å². The Hall–Kier alpha value is -2.21. The monoisotopic (exact) mass is 536 g/mol. The van der Waals surface area contributed by atoms with Crippen LogP contribution in [0.2, 0.25) is 0 Å². The van der Waals surface area contributed by atoms with E-state index in [2.05, 4.69) is 48.9 Å². The summed E-state index contributed by atoms with van der Waals surface area (Å²) in [5.41, 5.74) is 9.07. The molecule has 2 heterocycles. The molecule has 0 aliphatic heterocycles. The minimum Gasteiger partial charge on any atom is -0.382 e. The lowest BCUT2D eigenvalue weighted by atomic mass is 10.1. The number of fused-ring (bicyclic) bond motifs is 2. The second-order valence-corrected chi connectivity index (χ2v) is 9.56. The average molecular weight is 536 g/mol. The normalized spacial score (nSPS) is 13.3. The largest absolute Gasteiger partial charge is 0.382 e. The van der Waals surface area contributed by atoms with Crippen molar-refractivity contribution in [2.45, 2.75) is 43.3 Å². The summed E-state index contributed by atoms with van der Waals surface area (Å²) in [6, 6.07) is 4.03. The summed E-state index contributed by atoms with van der Waals surface area (Å²) in [4.78, 5) is 38.1. The molecule has 3 aromatic rings. The topological polar surface area (TPSA) is 116 Å². The molecule has 0 unspecified atom stereocenters.